The van der Waals surface area contributed by atoms with Crippen LogP contribution in [0, 0.1) is 0 Å². The summed E-state index contributed by atoms with van der Waals surface area (Å²) in [6.45, 7) is 4.68. The second-order valence-corrected chi connectivity index (χ2v) is 13.6. The van der Waals surface area contributed by atoms with Gasteiger partial charge in [0.2, 0.25) is 0 Å². The smallest absolute Gasteiger partial charge is 0.340 e. The van der Waals surface area contributed by atoms with E-state index in [2.05, 4.69) is 38.2 Å². The lowest BCUT2D eigenvalue weighted by Crippen LogP contribution is -2.19. The summed E-state index contributed by atoms with van der Waals surface area (Å²) < 4.78 is 44.5. The number of carbonyl (C=O) groups excluding carboxylic acids is 2. The van der Waals surface area contributed by atoms with Crippen molar-refractivity contribution in [3.05, 3.63) is 53.6 Å². The topological polar surface area (TPSA) is 107 Å². The number of carbonyl (C=O) groups is 2. The molecule has 0 spiro atoms. The van der Waals surface area contributed by atoms with Crippen LogP contribution in [0.1, 0.15) is 176 Å². The van der Waals surface area contributed by atoms with Gasteiger partial charge in [-0.2, -0.15) is 8.42 Å². The average Bonchev–Trinajstić information content (AvgIpc) is 3.04. The molecular weight excluding hydrogens is 600 g/mol. The molecule has 1 aromatic carbocycles. The van der Waals surface area contributed by atoms with Crippen molar-refractivity contribution in [1.82, 2.24) is 0 Å². The molecule has 0 saturated carbocycles. The Bertz CT molecular complexity index is 1110. The van der Waals surface area contributed by atoms with Gasteiger partial charge in [-0.05, 0) is 63.5 Å². The molecule has 8 heteroatoms. The van der Waals surface area contributed by atoms with Gasteiger partial charge in [0.1, 0.15) is 4.90 Å². The van der Waals surface area contributed by atoms with Crippen LogP contribution < -0.4 is 0 Å². The highest BCUT2D eigenvalue weighted by Gasteiger charge is 2.28. The van der Waals surface area contributed by atoms with Gasteiger partial charge in [-0.3, -0.25) is 4.55 Å². The molecule has 1 aromatic rings. The highest BCUT2D eigenvalue weighted by Crippen LogP contribution is 2.23. The number of hydrogen-bond donors (Lipinski definition) is 1. The molecule has 46 heavy (non-hydrogen) atoms. The van der Waals surface area contributed by atoms with Crippen molar-refractivity contribution in [1.29, 1.82) is 0 Å². The highest BCUT2D eigenvalue weighted by molar-refractivity contribution is 7.86. The van der Waals surface area contributed by atoms with E-state index in [0.717, 1.165) is 57.4 Å². The van der Waals surface area contributed by atoms with Crippen molar-refractivity contribution < 1.29 is 32.0 Å². The molecule has 0 heterocycles. The Balaban J connectivity index is 2.37. The first-order valence-corrected chi connectivity index (χ1v) is 19.5. The predicted molar refractivity (Wildman–Crippen MR) is 188 cm³/mol. The van der Waals surface area contributed by atoms with Crippen LogP contribution in [0.2, 0.25) is 0 Å². The summed E-state index contributed by atoms with van der Waals surface area (Å²) in [6, 6.07) is 3.72. The second-order valence-electron chi connectivity index (χ2n) is 12.2. The van der Waals surface area contributed by atoms with Crippen molar-refractivity contribution in [2.45, 2.75) is 160 Å². The Hall–Kier alpha value is -2.45. The summed E-state index contributed by atoms with van der Waals surface area (Å²) in [7, 11) is -4.76. The van der Waals surface area contributed by atoms with Crippen LogP contribution in [0.3, 0.4) is 0 Å². The number of allylic oxidation sites excluding steroid dienone is 4. The number of rotatable bonds is 29. The van der Waals surface area contributed by atoms with Crippen molar-refractivity contribution in [2.24, 2.45) is 0 Å². The normalized spacial score (nSPS) is 11.9. The lowest BCUT2D eigenvalue weighted by atomic mass is 10.1. The molecule has 0 amide bonds. The molecule has 0 aromatic heterocycles. The molecule has 0 radical (unpaired) electrons. The van der Waals surface area contributed by atoms with Gasteiger partial charge in [0, 0.05) is 0 Å². The zero-order valence-electron chi connectivity index (χ0n) is 28.8. The number of esters is 2. The van der Waals surface area contributed by atoms with E-state index in [1.807, 2.05) is 0 Å². The third kappa shape index (κ3) is 20.6. The summed E-state index contributed by atoms with van der Waals surface area (Å²) in [6.07, 6.45) is 33.4. The molecular formula is C38H62O7S. The maximum absolute atomic E-state index is 12.9. The number of benzene rings is 1. The summed E-state index contributed by atoms with van der Waals surface area (Å²) in [5, 5.41) is 0. The predicted octanol–water partition coefficient (Wildman–Crippen LogP) is 11.0. The Morgan fingerprint density at radius 2 is 0.978 bits per heavy atom. The Morgan fingerprint density at radius 3 is 1.41 bits per heavy atom. The molecule has 7 nitrogen and oxygen atoms in total. The van der Waals surface area contributed by atoms with Crippen LogP contribution in [-0.4, -0.2) is 38.1 Å². The van der Waals surface area contributed by atoms with E-state index in [4.69, 9.17) is 9.47 Å². The number of unbranched alkanes of at least 4 members (excludes halogenated alkanes) is 18. The first-order chi connectivity index (χ1) is 22.3. The minimum Gasteiger partial charge on any atom is -0.462 e. The van der Waals surface area contributed by atoms with Gasteiger partial charge in [-0.15, -0.1) is 0 Å². The zero-order valence-corrected chi connectivity index (χ0v) is 29.6. The van der Waals surface area contributed by atoms with Gasteiger partial charge in [-0.25, -0.2) is 9.59 Å². The Labute approximate surface area is 280 Å². The summed E-state index contributed by atoms with van der Waals surface area (Å²) in [5.41, 5.74) is -0.692. The van der Waals surface area contributed by atoms with Crippen molar-refractivity contribution in [3.8, 4) is 0 Å². The molecule has 0 aliphatic carbocycles. The van der Waals surface area contributed by atoms with Crippen LogP contribution in [0.4, 0.5) is 0 Å². The van der Waals surface area contributed by atoms with E-state index in [1.54, 1.807) is 0 Å². The Kier molecular flexibility index (Phi) is 25.0. The van der Waals surface area contributed by atoms with E-state index >= 15 is 0 Å². The number of hydrogen-bond acceptors (Lipinski definition) is 6. The van der Waals surface area contributed by atoms with Gasteiger partial charge >= 0.3 is 11.9 Å². The number of ether oxygens (including phenoxy) is 2. The monoisotopic (exact) mass is 662 g/mol. The summed E-state index contributed by atoms with van der Waals surface area (Å²) >= 11 is 0. The molecule has 0 aliphatic heterocycles. The third-order valence-electron chi connectivity index (χ3n) is 8.01. The molecule has 0 saturated heterocycles. The van der Waals surface area contributed by atoms with Crippen molar-refractivity contribution in [3.63, 3.8) is 0 Å². The maximum Gasteiger partial charge on any atom is 0.340 e. The van der Waals surface area contributed by atoms with E-state index in [1.165, 1.54) is 89.2 Å². The molecule has 1 N–H and O–H groups in total. The highest BCUT2D eigenvalue weighted by atomic mass is 32.2. The largest absolute Gasteiger partial charge is 0.462 e. The Morgan fingerprint density at radius 1 is 0.587 bits per heavy atom. The van der Waals surface area contributed by atoms with Gasteiger partial charge in [0.25, 0.3) is 10.1 Å². The fourth-order valence-electron chi connectivity index (χ4n) is 5.22. The van der Waals surface area contributed by atoms with E-state index in [9.17, 15) is 22.6 Å². The summed E-state index contributed by atoms with van der Waals surface area (Å²) in [4.78, 5) is 25.1. The van der Waals surface area contributed by atoms with Crippen LogP contribution >= 0.6 is 0 Å². The molecule has 0 atom stereocenters. The maximum atomic E-state index is 12.9. The van der Waals surface area contributed by atoms with Crippen molar-refractivity contribution in [2.75, 3.05) is 13.2 Å². The van der Waals surface area contributed by atoms with Gasteiger partial charge in [-0.1, -0.05) is 134 Å². The molecule has 0 fully saturated rings. The third-order valence-corrected chi connectivity index (χ3v) is 8.90. The van der Waals surface area contributed by atoms with E-state index in [-0.39, 0.29) is 18.8 Å². The van der Waals surface area contributed by atoms with Gasteiger partial charge < -0.3 is 9.47 Å². The average molecular weight is 663 g/mol. The van der Waals surface area contributed by atoms with E-state index < -0.39 is 32.5 Å². The lowest BCUT2D eigenvalue weighted by molar-refractivity contribution is 0.0446. The molecule has 1 rings (SSSR count). The standard InChI is InChI=1S/C38H62O7S/c1-3-5-7-9-11-13-15-17-19-21-23-25-27-32-44-37(39)34-30-29-31-35(46(41,42)43)36(34)38(40)45-33-28-26-24-22-20-18-16-14-12-10-8-6-4-2/h9-12,29-31H,3-8,13-28,32-33H2,1-2H3,(H,41,42,43)/b11-9+,12-10+. The fraction of sp³-hybridized carbons (Fsp3) is 0.684. The SMILES string of the molecule is CCCC/C=C/CCCCCCCCCOC(=O)c1cccc(S(=O)(=O)O)c1C(=O)OCCCCCCCCC/C=C/CCCC. The second kappa shape index (κ2) is 27.6. The van der Waals surface area contributed by atoms with Crippen LogP contribution in [0.25, 0.3) is 0 Å². The lowest BCUT2D eigenvalue weighted by Gasteiger charge is -2.13. The quantitative estimate of drug-likeness (QED) is 0.0393. The summed E-state index contributed by atoms with van der Waals surface area (Å²) in [5.74, 6) is -1.76. The molecule has 0 aliphatic rings. The van der Waals surface area contributed by atoms with Crippen LogP contribution in [0.5, 0.6) is 0 Å². The van der Waals surface area contributed by atoms with Gasteiger partial charge in [0.15, 0.2) is 0 Å². The molecule has 0 unspecified atom stereocenters. The minimum atomic E-state index is -4.76. The van der Waals surface area contributed by atoms with Crippen molar-refractivity contribution >= 4 is 22.1 Å². The van der Waals surface area contributed by atoms with Gasteiger partial charge in [0.05, 0.1) is 24.3 Å². The minimum absolute atomic E-state index is 0.103. The molecule has 262 valence electrons. The molecule has 0 bridgehead atoms. The first-order valence-electron chi connectivity index (χ1n) is 18.1. The first kappa shape index (κ1) is 41.6. The van der Waals surface area contributed by atoms with E-state index in [0.29, 0.717) is 12.8 Å². The zero-order chi connectivity index (χ0) is 33.7. The van der Waals surface area contributed by atoms with Crippen LogP contribution in [-0.2, 0) is 19.6 Å². The van der Waals surface area contributed by atoms with Crippen LogP contribution in [0.15, 0.2) is 47.4 Å². The fourth-order valence-corrected chi connectivity index (χ4v) is 5.92.